The van der Waals surface area contributed by atoms with E-state index in [4.69, 9.17) is 4.74 Å². The summed E-state index contributed by atoms with van der Waals surface area (Å²) in [6.45, 7) is 0. The van der Waals surface area contributed by atoms with Crippen LogP contribution in [0.2, 0.25) is 0 Å². The average Bonchev–Trinajstić information content (AvgIpc) is 3.00. The van der Waals surface area contributed by atoms with E-state index in [2.05, 4.69) is 4.98 Å². The molecule has 3 aromatic rings. The maximum absolute atomic E-state index is 5.58. The predicted molar refractivity (Wildman–Crippen MR) is 79.5 cm³/mol. The van der Waals surface area contributed by atoms with Gasteiger partial charge >= 0.3 is 0 Å². The molecule has 0 atom stereocenters. The molecular formula is C16H15BNO. The van der Waals surface area contributed by atoms with Crippen LogP contribution >= 0.6 is 0 Å². The van der Waals surface area contributed by atoms with Gasteiger partial charge < -0.3 is 9.72 Å². The Morgan fingerprint density at radius 2 is 1.00 bits per heavy atom. The lowest BCUT2D eigenvalue weighted by Gasteiger charge is -2.03. The second kappa shape index (κ2) is 8.64. The average molecular weight is 248 g/mol. The van der Waals surface area contributed by atoms with Crippen molar-refractivity contribution in [3.63, 3.8) is 0 Å². The highest BCUT2D eigenvalue weighted by Crippen LogP contribution is 2.19. The third-order valence-electron chi connectivity index (χ3n) is 2.22. The number of para-hydroxylation sites is 2. The van der Waals surface area contributed by atoms with Crippen molar-refractivity contribution in [2.75, 3.05) is 0 Å². The summed E-state index contributed by atoms with van der Waals surface area (Å²) in [5, 5.41) is 0. The Bertz CT molecular complexity index is 468. The Labute approximate surface area is 115 Å². The second-order valence-corrected chi connectivity index (χ2v) is 3.61. The van der Waals surface area contributed by atoms with Gasteiger partial charge in [0.1, 0.15) is 11.5 Å². The highest BCUT2D eigenvalue weighted by molar-refractivity contribution is 5.75. The van der Waals surface area contributed by atoms with Crippen LogP contribution in [0.25, 0.3) is 0 Å². The van der Waals surface area contributed by atoms with E-state index < -0.39 is 0 Å². The van der Waals surface area contributed by atoms with Crippen LogP contribution in [0.5, 0.6) is 11.5 Å². The fourth-order valence-electron chi connectivity index (χ4n) is 1.39. The van der Waals surface area contributed by atoms with Crippen molar-refractivity contribution in [1.29, 1.82) is 0 Å². The Kier molecular flexibility index (Phi) is 6.66. The zero-order chi connectivity index (χ0) is 12.5. The Balaban J connectivity index is 0.000000256. The molecule has 0 aliphatic heterocycles. The Morgan fingerprint density at radius 3 is 1.32 bits per heavy atom. The zero-order valence-corrected chi connectivity index (χ0v) is 10.6. The van der Waals surface area contributed by atoms with Crippen molar-refractivity contribution in [1.82, 2.24) is 4.98 Å². The highest BCUT2D eigenvalue weighted by Gasteiger charge is 1.92. The molecule has 0 saturated carbocycles. The summed E-state index contributed by atoms with van der Waals surface area (Å²) >= 11 is 0. The van der Waals surface area contributed by atoms with Gasteiger partial charge in [-0.1, -0.05) is 36.4 Å². The highest BCUT2D eigenvalue weighted by atomic mass is 16.5. The van der Waals surface area contributed by atoms with Crippen molar-refractivity contribution >= 4 is 8.41 Å². The molecule has 0 bridgehead atoms. The third-order valence-corrected chi connectivity index (χ3v) is 2.22. The molecule has 3 heteroatoms. The molecule has 0 fully saturated rings. The second-order valence-electron chi connectivity index (χ2n) is 3.61. The van der Waals surface area contributed by atoms with Crippen molar-refractivity contribution < 1.29 is 4.74 Å². The molecule has 3 rings (SSSR count). The van der Waals surface area contributed by atoms with E-state index in [1.165, 1.54) is 0 Å². The molecule has 0 aliphatic rings. The summed E-state index contributed by atoms with van der Waals surface area (Å²) < 4.78 is 5.58. The van der Waals surface area contributed by atoms with E-state index in [9.17, 15) is 0 Å². The van der Waals surface area contributed by atoms with Crippen LogP contribution in [0.1, 0.15) is 0 Å². The minimum Gasteiger partial charge on any atom is -0.457 e. The van der Waals surface area contributed by atoms with Crippen LogP contribution < -0.4 is 4.74 Å². The largest absolute Gasteiger partial charge is 0.457 e. The van der Waals surface area contributed by atoms with Gasteiger partial charge in [-0.05, 0) is 36.4 Å². The molecule has 19 heavy (non-hydrogen) atoms. The van der Waals surface area contributed by atoms with E-state index in [1.807, 2.05) is 85.2 Å². The number of benzene rings is 2. The smallest absolute Gasteiger partial charge is 0.127 e. The number of rotatable bonds is 2. The SMILES string of the molecule is [B].c1cc[nH]c1.c1ccc(Oc2ccccc2)cc1. The molecule has 93 valence electrons. The summed E-state index contributed by atoms with van der Waals surface area (Å²) in [6.07, 6.45) is 3.75. The number of aromatic amines is 1. The van der Waals surface area contributed by atoms with Gasteiger partial charge in [0.2, 0.25) is 0 Å². The summed E-state index contributed by atoms with van der Waals surface area (Å²) in [6, 6.07) is 23.4. The van der Waals surface area contributed by atoms with Gasteiger partial charge in [0.05, 0.1) is 0 Å². The molecule has 0 spiro atoms. The standard InChI is InChI=1S/C12H10O.C4H5N.B/c1-3-7-11(8-4-1)13-12-9-5-2-6-10-12;1-2-4-5-3-1;/h1-10H;1-5H;. The maximum atomic E-state index is 5.58. The van der Waals surface area contributed by atoms with Gasteiger partial charge in [0.15, 0.2) is 0 Å². The summed E-state index contributed by atoms with van der Waals surface area (Å²) in [7, 11) is 0. The summed E-state index contributed by atoms with van der Waals surface area (Å²) in [5.41, 5.74) is 0. The van der Waals surface area contributed by atoms with E-state index >= 15 is 0 Å². The third kappa shape index (κ3) is 5.64. The van der Waals surface area contributed by atoms with Crippen LogP contribution in [0.3, 0.4) is 0 Å². The zero-order valence-electron chi connectivity index (χ0n) is 10.6. The molecule has 3 radical (unpaired) electrons. The van der Waals surface area contributed by atoms with Crippen LogP contribution in [-0.4, -0.2) is 13.4 Å². The lowest BCUT2D eigenvalue weighted by atomic mass is 10.3. The summed E-state index contributed by atoms with van der Waals surface area (Å²) in [4.78, 5) is 2.86. The van der Waals surface area contributed by atoms with Gasteiger partial charge in [-0.3, -0.25) is 0 Å². The van der Waals surface area contributed by atoms with Gasteiger partial charge in [0, 0.05) is 20.8 Å². The quantitative estimate of drug-likeness (QED) is 0.678. The van der Waals surface area contributed by atoms with Crippen LogP contribution in [0.15, 0.2) is 85.2 Å². The minimum absolute atomic E-state index is 0. The van der Waals surface area contributed by atoms with E-state index in [-0.39, 0.29) is 8.41 Å². The first-order valence-corrected chi connectivity index (χ1v) is 5.81. The first-order chi connectivity index (χ1) is 8.95. The van der Waals surface area contributed by atoms with Crippen LogP contribution in [-0.2, 0) is 0 Å². The monoisotopic (exact) mass is 248 g/mol. The van der Waals surface area contributed by atoms with Gasteiger partial charge in [-0.15, -0.1) is 0 Å². The number of hydrogen-bond acceptors (Lipinski definition) is 1. The topological polar surface area (TPSA) is 25.0 Å². The van der Waals surface area contributed by atoms with Gasteiger partial charge in [-0.25, -0.2) is 0 Å². The maximum Gasteiger partial charge on any atom is 0.127 e. The Hall–Kier alpha value is -2.42. The van der Waals surface area contributed by atoms with Crippen molar-refractivity contribution in [3.05, 3.63) is 85.2 Å². The minimum atomic E-state index is 0. The van der Waals surface area contributed by atoms with Gasteiger partial charge in [-0.2, -0.15) is 0 Å². The molecule has 0 aliphatic carbocycles. The lowest BCUT2D eigenvalue weighted by Crippen LogP contribution is -1.81. The molecule has 2 nitrogen and oxygen atoms in total. The van der Waals surface area contributed by atoms with Crippen molar-refractivity contribution in [2.24, 2.45) is 0 Å². The fourth-order valence-corrected chi connectivity index (χ4v) is 1.39. The number of hydrogen-bond donors (Lipinski definition) is 1. The first-order valence-electron chi connectivity index (χ1n) is 5.81. The summed E-state index contributed by atoms with van der Waals surface area (Å²) in [5.74, 6) is 1.74. The molecule has 2 aromatic carbocycles. The predicted octanol–water partition coefficient (Wildman–Crippen LogP) is 4.11. The first kappa shape index (κ1) is 14.6. The van der Waals surface area contributed by atoms with E-state index in [0.717, 1.165) is 11.5 Å². The van der Waals surface area contributed by atoms with Crippen molar-refractivity contribution in [2.45, 2.75) is 0 Å². The van der Waals surface area contributed by atoms with Crippen LogP contribution in [0, 0.1) is 0 Å². The molecule has 0 amide bonds. The number of ether oxygens (including phenoxy) is 1. The number of H-pyrrole nitrogens is 1. The fraction of sp³-hybridized carbons (Fsp3) is 0. The molecule has 0 unspecified atom stereocenters. The van der Waals surface area contributed by atoms with Crippen molar-refractivity contribution in [3.8, 4) is 11.5 Å². The van der Waals surface area contributed by atoms with E-state index in [0.29, 0.717) is 0 Å². The molecule has 1 N–H and O–H groups in total. The molecule has 1 heterocycles. The lowest BCUT2D eigenvalue weighted by molar-refractivity contribution is 0.482. The number of aromatic nitrogens is 1. The molecule has 0 saturated heterocycles. The normalized spacial score (nSPS) is 8.63. The van der Waals surface area contributed by atoms with E-state index in [1.54, 1.807) is 0 Å². The number of nitrogens with one attached hydrogen (secondary N) is 1. The van der Waals surface area contributed by atoms with Gasteiger partial charge in [0.25, 0.3) is 0 Å². The molecule has 1 aromatic heterocycles. The van der Waals surface area contributed by atoms with Crippen LogP contribution in [0.4, 0.5) is 0 Å². The molecular weight excluding hydrogens is 233 g/mol. The Morgan fingerprint density at radius 1 is 0.579 bits per heavy atom.